The summed E-state index contributed by atoms with van der Waals surface area (Å²) < 4.78 is 7.17. The van der Waals surface area contributed by atoms with E-state index in [1.165, 1.54) is 0 Å². The number of amides is 1. The van der Waals surface area contributed by atoms with Crippen molar-refractivity contribution < 1.29 is 14.3 Å². The lowest BCUT2D eigenvalue weighted by Gasteiger charge is -2.23. The predicted octanol–water partition coefficient (Wildman–Crippen LogP) is 2.11. The minimum atomic E-state index is -1.24. The SMILES string of the molecule is Cc1cc(C(C)(O)CNC(=O)c2cccc(-n3ccnc3)n2)c(C)o1. The fourth-order valence-corrected chi connectivity index (χ4v) is 2.69. The summed E-state index contributed by atoms with van der Waals surface area (Å²) in [6.07, 6.45) is 5.00. The van der Waals surface area contributed by atoms with Gasteiger partial charge in [-0.3, -0.25) is 9.36 Å². The number of hydrogen-bond acceptors (Lipinski definition) is 5. The van der Waals surface area contributed by atoms with Crippen LogP contribution < -0.4 is 5.32 Å². The monoisotopic (exact) mass is 340 g/mol. The normalized spacial score (nSPS) is 13.4. The van der Waals surface area contributed by atoms with Gasteiger partial charge in [0.1, 0.15) is 35.0 Å². The maximum atomic E-state index is 12.4. The average Bonchev–Trinajstić information content (AvgIpc) is 3.22. The second-order valence-corrected chi connectivity index (χ2v) is 6.13. The van der Waals surface area contributed by atoms with Crippen LogP contribution >= 0.6 is 0 Å². The highest BCUT2D eigenvalue weighted by atomic mass is 16.3. The molecule has 0 saturated heterocycles. The van der Waals surface area contributed by atoms with Crippen LogP contribution in [0.25, 0.3) is 5.82 Å². The lowest BCUT2D eigenvalue weighted by molar-refractivity contribution is 0.0512. The highest BCUT2D eigenvalue weighted by molar-refractivity contribution is 5.92. The summed E-state index contributed by atoms with van der Waals surface area (Å²) in [4.78, 5) is 20.7. The van der Waals surface area contributed by atoms with Gasteiger partial charge in [0.25, 0.3) is 5.91 Å². The summed E-state index contributed by atoms with van der Waals surface area (Å²) in [6.45, 7) is 5.29. The zero-order valence-corrected chi connectivity index (χ0v) is 14.4. The molecule has 0 radical (unpaired) electrons. The minimum Gasteiger partial charge on any atom is -0.466 e. The van der Waals surface area contributed by atoms with Crippen molar-refractivity contribution in [2.24, 2.45) is 0 Å². The van der Waals surface area contributed by atoms with Gasteiger partial charge in [-0.1, -0.05) is 6.07 Å². The van der Waals surface area contributed by atoms with Crippen molar-refractivity contribution in [2.45, 2.75) is 26.4 Å². The Morgan fingerprint density at radius 3 is 2.84 bits per heavy atom. The number of nitrogens with one attached hydrogen (secondary N) is 1. The molecule has 0 aromatic carbocycles. The van der Waals surface area contributed by atoms with Crippen molar-refractivity contribution in [1.29, 1.82) is 0 Å². The molecular formula is C18H20N4O3. The molecule has 0 aliphatic carbocycles. The molecule has 3 aromatic heterocycles. The van der Waals surface area contributed by atoms with Gasteiger partial charge in [0.2, 0.25) is 0 Å². The molecule has 0 bridgehead atoms. The summed E-state index contributed by atoms with van der Waals surface area (Å²) in [5.74, 6) is 1.59. The number of aryl methyl sites for hydroxylation is 2. The van der Waals surface area contributed by atoms with Crippen LogP contribution in [0.3, 0.4) is 0 Å². The number of furan rings is 1. The number of hydrogen-bond donors (Lipinski definition) is 2. The lowest BCUT2D eigenvalue weighted by Crippen LogP contribution is -2.39. The Kier molecular flexibility index (Phi) is 4.41. The van der Waals surface area contributed by atoms with E-state index in [2.05, 4.69) is 15.3 Å². The lowest BCUT2D eigenvalue weighted by atomic mass is 9.96. The molecule has 0 saturated carbocycles. The van der Waals surface area contributed by atoms with Crippen LogP contribution in [-0.2, 0) is 5.60 Å². The van der Waals surface area contributed by atoms with Crippen molar-refractivity contribution in [3.05, 3.63) is 65.8 Å². The van der Waals surface area contributed by atoms with E-state index in [1.807, 2.05) is 6.92 Å². The maximum absolute atomic E-state index is 12.4. The molecule has 0 fully saturated rings. The number of pyridine rings is 1. The summed E-state index contributed by atoms with van der Waals surface area (Å²) in [5, 5.41) is 13.4. The quantitative estimate of drug-likeness (QED) is 0.742. The molecule has 3 heterocycles. The molecule has 7 nitrogen and oxygen atoms in total. The molecule has 130 valence electrons. The first-order valence-electron chi connectivity index (χ1n) is 7.90. The second kappa shape index (κ2) is 6.52. The fraction of sp³-hybridized carbons (Fsp3) is 0.278. The van der Waals surface area contributed by atoms with Crippen LogP contribution in [-0.4, -0.2) is 32.1 Å². The van der Waals surface area contributed by atoms with Crippen LogP contribution in [0.2, 0.25) is 0 Å². The molecule has 3 aromatic rings. The van der Waals surface area contributed by atoms with Crippen molar-refractivity contribution >= 4 is 5.91 Å². The summed E-state index contributed by atoms with van der Waals surface area (Å²) in [7, 11) is 0. The molecular weight excluding hydrogens is 320 g/mol. The number of nitrogens with zero attached hydrogens (tertiary/aromatic N) is 3. The van der Waals surface area contributed by atoms with Gasteiger partial charge in [-0.15, -0.1) is 0 Å². The molecule has 0 aliphatic rings. The fourth-order valence-electron chi connectivity index (χ4n) is 2.69. The van der Waals surface area contributed by atoms with Crippen LogP contribution in [0.15, 0.2) is 47.4 Å². The van der Waals surface area contributed by atoms with E-state index in [9.17, 15) is 9.90 Å². The van der Waals surface area contributed by atoms with Crippen LogP contribution in [0.1, 0.15) is 34.5 Å². The highest BCUT2D eigenvalue weighted by Gasteiger charge is 2.28. The Bertz CT molecular complexity index is 882. The van der Waals surface area contributed by atoms with Crippen LogP contribution in [0, 0.1) is 13.8 Å². The molecule has 0 spiro atoms. The van der Waals surface area contributed by atoms with Gasteiger partial charge >= 0.3 is 0 Å². The highest BCUT2D eigenvalue weighted by Crippen LogP contribution is 2.26. The Balaban J connectivity index is 1.72. The molecule has 1 atom stereocenters. The van der Waals surface area contributed by atoms with Gasteiger partial charge in [-0.2, -0.15) is 0 Å². The van der Waals surface area contributed by atoms with Gasteiger partial charge in [0.15, 0.2) is 0 Å². The van der Waals surface area contributed by atoms with Crippen LogP contribution in [0.5, 0.6) is 0 Å². The predicted molar refractivity (Wildman–Crippen MR) is 91.4 cm³/mol. The first-order chi connectivity index (χ1) is 11.9. The largest absolute Gasteiger partial charge is 0.466 e. The van der Waals surface area contributed by atoms with E-state index in [-0.39, 0.29) is 18.1 Å². The van der Waals surface area contributed by atoms with Gasteiger partial charge < -0.3 is 14.8 Å². The zero-order valence-electron chi connectivity index (χ0n) is 14.4. The number of carbonyl (C=O) groups is 1. The Labute approximate surface area is 145 Å². The Hall–Kier alpha value is -2.93. The van der Waals surface area contributed by atoms with E-state index in [4.69, 9.17) is 4.42 Å². The van der Waals surface area contributed by atoms with E-state index in [1.54, 1.807) is 61.4 Å². The van der Waals surface area contributed by atoms with Gasteiger partial charge in [-0.25, -0.2) is 9.97 Å². The van der Waals surface area contributed by atoms with Crippen LogP contribution in [0.4, 0.5) is 0 Å². The second-order valence-electron chi connectivity index (χ2n) is 6.13. The third-order valence-electron chi connectivity index (χ3n) is 3.95. The standard InChI is InChI=1S/C18H20N4O3/c1-12-9-14(13(2)25-12)18(3,24)10-20-17(23)15-5-4-6-16(21-15)22-8-7-19-11-22/h4-9,11,24H,10H2,1-3H3,(H,20,23). The maximum Gasteiger partial charge on any atom is 0.270 e. The third kappa shape index (κ3) is 3.61. The van der Waals surface area contributed by atoms with Gasteiger partial charge in [0.05, 0.1) is 6.54 Å². The Morgan fingerprint density at radius 2 is 2.20 bits per heavy atom. The Morgan fingerprint density at radius 1 is 1.40 bits per heavy atom. The number of rotatable bonds is 5. The minimum absolute atomic E-state index is 0.0443. The van der Waals surface area contributed by atoms with E-state index >= 15 is 0 Å². The summed E-state index contributed by atoms with van der Waals surface area (Å²) in [6, 6.07) is 6.93. The molecule has 3 rings (SSSR count). The molecule has 7 heteroatoms. The zero-order chi connectivity index (χ0) is 18.0. The van der Waals surface area contributed by atoms with Gasteiger partial charge in [-0.05, 0) is 39.0 Å². The average molecular weight is 340 g/mol. The number of imidazole rings is 1. The van der Waals surface area contributed by atoms with Crippen molar-refractivity contribution in [2.75, 3.05) is 6.54 Å². The topological polar surface area (TPSA) is 93.2 Å². The summed E-state index contributed by atoms with van der Waals surface area (Å²) in [5.41, 5.74) is -0.313. The van der Waals surface area contributed by atoms with Crippen molar-refractivity contribution in [1.82, 2.24) is 19.9 Å². The number of aromatic nitrogens is 3. The molecule has 1 amide bonds. The molecule has 1 unspecified atom stereocenters. The molecule has 25 heavy (non-hydrogen) atoms. The number of carbonyl (C=O) groups excluding carboxylic acids is 1. The number of aliphatic hydroxyl groups is 1. The van der Waals surface area contributed by atoms with E-state index in [0.717, 1.165) is 0 Å². The first kappa shape index (κ1) is 16.9. The third-order valence-corrected chi connectivity index (χ3v) is 3.95. The van der Waals surface area contributed by atoms with Gasteiger partial charge in [0, 0.05) is 18.0 Å². The van der Waals surface area contributed by atoms with Crippen molar-refractivity contribution in [3.63, 3.8) is 0 Å². The molecule has 2 N–H and O–H groups in total. The van der Waals surface area contributed by atoms with Crippen molar-refractivity contribution in [3.8, 4) is 5.82 Å². The first-order valence-corrected chi connectivity index (χ1v) is 7.90. The van der Waals surface area contributed by atoms with E-state index < -0.39 is 5.60 Å². The smallest absolute Gasteiger partial charge is 0.270 e. The molecule has 0 aliphatic heterocycles. The summed E-state index contributed by atoms with van der Waals surface area (Å²) >= 11 is 0. The van der Waals surface area contributed by atoms with E-state index in [0.29, 0.717) is 22.9 Å².